The maximum absolute atomic E-state index is 12.7. The molecule has 1 nitrogen and oxygen atoms in total. The van der Waals surface area contributed by atoms with E-state index >= 15 is 0 Å². The Labute approximate surface area is 63.8 Å². The Balaban J connectivity index is 3.21. The molecule has 0 aromatic heterocycles. The van der Waals surface area contributed by atoms with Gasteiger partial charge in [-0.25, -0.2) is 8.78 Å². The Morgan fingerprint density at radius 3 is 2.09 bits per heavy atom. The van der Waals surface area contributed by atoms with E-state index in [1.165, 1.54) is 12.1 Å². The second-order valence-electron chi connectivity index (χ2n) is 2.33. The molecule has 0 radical (unpaired) electrons. The minimum Gasteiger partial charge on any atom is -0.394 e. The zero-order valence-electron chi connectivity index (χ0n) is 6.20. The lowest BCUT2D eigenvalue weighted by Crippen LogP contribution is -1.96. The van der Waals surface area contributed by atoms with Gasteiger partial charge in [0.25, 0.3) is 0 Å². The van der Waals surface area contributed by atoms with Crippen LogP contribution in [0, 0.1) is 11.6 Å². The van der Waals surface area contributed by atoms with Crippen LogP contribution in [0.25, 0.3) is 0 Å². The summed E-state index contributed by atoms with van der Waals surface area (Å²) < 4.78 is 25.3. The molecule has 0 fully saturated rings. The lowest BCUT2D eigenvalue weighted by molar-refractivity contribution is 0.588. The zero-order chi connectivity index (χ0) is 8.43. The molecule has 0 saturated heterocycles. The van der Waals surface area contributed by atoms with Crippen molar-refractivity contribution < 1.29 is 8.78 Å². The maximum Gasteiger partial charge on any atom is 0.149 e. The average molecular weight is 157 g/mol. The summed E-state index contributed by atoms with van der Waals surface area (Å²) in [6.45, 7) is 1.82. The molecule has 60 valence electrons. The molecule has 0 heterocycles. The van der Waals surface area contributed by atoms with Gasteiger partial charge in [-0.1, -0.05) is 6.92 Å². The number of rotatable bonds is 1. The molecule has 0 aliphatic carbocycles. The first-order valence-electron chi connectivity index (χ1n) is 3.38. The fourth-order valence-corrected chi connectivity index (χ4v) is 0.841. The van der Waals surface area contributed by atoms with Gasteiger partial charge < -0.3 is 5.73 Å². The highest BCUT2D eigenvalue weighted by molar-refractivity contribution is 5.43. The van der Waals surface area contributed by atoms with Crippen LogP contribution in [-0.2, 0) is 6.42 Å². The van der Waals surface area contributed by atoms with E-state index in [4.69, 9.17) is 5.73 Å². The topological polar surface area (TPSA) is 26.0 Å². The minimum atomic E-state index is -0.679. The van der Waals surface area contributed by atoms with Crippen molar-refractivity contribution in [2.45, 2.75) is 13.3 Å². The van der Waals surface area contributed by atoms with E-state index in [-0.39, 0.29) is 0 Å². The highest BCUT2D eigenvalue weighted by Crippen LogP contribution is 2.17. The van der Waals surface area contributed by atoms with Gasteiger partial charge in [0.1, 0.15) is 17.3 Å². The molecule has 1 aromatic rings. The summed E-state index contributed by atoms with van der Waals surface area (Å²) in [7, 11) is 0. The van der Waals surface area contributed by atoms with E-state index in [2.05, 4.69) is 0 Å². The monoisotopic (exact) mass is 157 g/mol. The van der Waals surface area contributed by atoms with Gasteiger partial charge in [0.2, 0.25) is 0 Å². The molecule has 11 heavy (non-hydrogen) atoms. The van der Waals surface area contributed by atoms with Gasteiger partial charge in [-0.15, -0.1) is 0 Å². The number of nitrogens with two attached hydrogens (primary N) is 1. The molecule has 0 aliphatic rings. The van der Waals surface area contributed by atoms with Gasteiger partial charge in [-0.05, 0) is 24.1 Å². The summed E-state index contributed by atoms with van der Waals surface area (Å²) in [4.78, 5) is 0. The van der Waals surface area contributed by atoms with Crippen molar-refractivity contribution in [1.29, 1.82) is 0 Å². The third-order valence-corrected chi connectivity index (χ3v) is 1.55. The van der Waals surface area contributed by atoms with E-state index in [0.29, 0.717) is 12.0 Å². The summed E-state index contributed by atoms with van der Waals surface area (Å²) in [6, 6.07) is 2.50. The molecule has 0 amide bonds. The zero-order valence-corrected chi connectivity index (χ0v) is 6.20. The fraction of sp³-hybridized carbons (Fsp3) is 0.250. The van der Waals surface area contributed by atoms with Crippen LogP contribution in [0.15, 0.2) is 12.1 Å². The number of hydrogen-bond acceptors (Lipinski definition) is 1. The Morgan fingerprint density at radius 2 is 1.73 bits per heavy atom. The Kier molecular flexibility index (Phi) is 2.08. The van der Waals surface area contributed by atoms with Gasteiger partial charge in [0.05, 0.1) is 0 Å². The van der Waals surface area contributed by atoms with Gasteiger partial charge in [-0.2, -0.15) is 0 Å². The molecular weight excluding hydrogens is 148 g/mol. The van der Waals surface area contributed by atoms with Crippen molar-refractivity contribution >= 4 is 5.69 Å². The van der Waals surface area contributed by atoms with Crippen LogP contribution in [0.3, 0.4) is 0 Å². The van der Waals surface area contributed by atoms with Crippen LogP contribution >= 0.6 is 0 Å². The van der Waals surface area contributed by atoms with E-state index in [1.807, 2.05) is 6.92 Å². The lowest BCUT2D eigenvalue weighted by Gasteiger charge is -2.01. The molecule has 0 atom stereocenters. The SMILES string of the molecule is CCc1cc(F)c(N)c(F)c1. The highest BCUT2D eigenvalue weighted by Gasteiger charge is 2.05. The third kappa shape index (κ3) is 1.48. The molecule has 2 N–H and O–H groups in total. The molecular formula is C8H9F2N. The quantitative estimate of drug-likeness (QED) is 0.621. The largest absolute Gasteiger partial charge is 0.394 e. The van der Waals surface area contributed by atoms with Gasteiger partial charge in [-0.3, -0.25) is 0 Å². The van der Waals surface area contributed by atoms with Crippen molar-refractivity contribution in [2.75, 3.05) is 5.73 Å². The van der Waals surface area contributed by atoms with E-state index in [0.717, 1.165) is 0 Å². The number of aryl methyl sites for hydroxylation is 1. The number of hydrogen-bond donors (Lipinski definition) is 1. The first-order chi connectivity index (χ1) is 5.15. The smallest absolute Gasteiger partial charge is 0.149 e. The molecule has 0 spiro atoms. The van der Waals surface area contributed by atoms with Crippen molar-refractivity contribution in [3.05, 3.63) is 29.3 Å². The third-order valence-electron chi connectivity index (χ3n) is 1.55. The summed E-state index contributed by atoms with van der Waals surface area (Å²) in [6.07, 6.45) is 0.605. The summed E-state index contributed by atoms with van der Waals surface area (Å²) >= 11 is 0. The summed E-state index contributed by atoms with van der Waals surface area (Å²) in [5.41, 5.74) is 5.27. The highest BCUT2D eigenvalue weighted by atomic mass is 19.1. The number of anilines is 1. The predicted molar refractivity (Wildman–Crippen MR) is 40.1 cm³/mol. The molecule has 0 saturated carbocycles. The standard InChI is InChI=1S/C8H9F2N/c1-2-5-3-6(9)8(11)7(10)4-5/h3-4H,2,11H2,1H3. The normalized spacial score (nSPS) is 10.1. The minimum absolute atomic E-state index is 0.401. The Morgan fingerprint density at radius 1 is 1.27 bits per heavy atom. The first kappa shape index (κ1) is 7.98. The second kappa shape index (κ2) is 2.86. The molecule has 3 heteroatoms. The van der Waals surface area contributed by atoms with Crippen LogP contribution < -0.4 is 5.73 Å². The van der Waals surface area contributed by atoms with Gasteiger partial charge in [0.15, 0.2) is 0 Å². The first-order valence-corrected chi connectivity index (χ1v) is 3.38. The second-order valence-corrected chi connectivity index (χ2v) is 2.33. The molecule has 0 bridgehead atoms. The number of nitrogen functional groups attached to an aromatic ring is 1. The van der Waals surface area contributed by atoms with E-state index < -0.39 is 17.3 Å². The van der Waals surface area contributed by atoms with Crippen molar-refractivity contribution in [1.82, 2.24) is 0 Å². The lowest BCUT2D eigenvalue weighted by atomic mass is 10.1. The van der Waals surface area contributed by atoms with Gasteiger partial charge in [0, 0.05) is 0 Å². The molecule has 0 aliphatic heterocycles. The predicted octanol–water partition coefficient (Wildman–Crippen LogP) is 2.11. The van der Waals surface area contributed by atoms with Crippen LogP contribution in [-0.4, -0.2) is 0 Å². The van der Waals surface area contributed by atoms with Crippen LogP contribution in [0.4, 0.5) is 14.5 Å². The number of benzene rings is 1. The van der Waals surface area contributed by atoms with Crippen LogP contribution in [0.2, 0.25) is 0 Å². The summed E-state index contributed by atoms with van der Waals surface area (Å²) in [5.74, 6) is -1.36. The van der Waals surface area contributed by atoms with E-state index in [1.54, 1.807) is 0 Å². The Hall–Kier alpha value is -1.12. The van der Waals surface area contributed by atoms with Crippen LogP contribution in [0.5, 0.6) is 0 Å². The van der Waals surface area contributed by atoms with Crippen LogP contribution in [0.1, 0.15) is 12.5 Å². The molecule has 0 unspecified atom stereocenters. The number of halogens is 2. The fourth-order valence-electron chi connectivity index (χ4n) is 0.841. The average Bonchev–Trinajstić information content (AvgIpc) is 1.99. The summed E-state index contributed by atoms with van der Waals surface area (Å²) in [5, 5.41) is 0. The Bertz CT molecular complexity index is 248. The molecule has 1 rings (SSSR count). The molecule has 1 aromatic carbocycles. The van der Waals surface area contributed by atoms with Crippen molar-refractivity contribution in [3.63, 3.8) is 0 Å². The maximum atomic E-state index is 12.7. The van der Waals surface area contributed by atoms with Gasteiger partial charge >= 0.3 is 0 Å². The van der Waals surface area contributed by atoms with Crippen molar-refractivity contribution in [2.24, 2.45) is 0 Å². The van der Waals surface area contributed by atoms with Crippen molar-refractivity contribution in [3.8, 4) is 0 Å². The van der Waals surface area contributed by atoms with E-state index in [9.17, 15) is 8.78 Å².